The lowest BCUT2D eigenvalue weighted by molar-refractivity contribution is 0.413. The van der Waals surface area contributed by atoms with Crippen LogP contribution in [-0.2, 0) is 10.8 Å². The third-order valence-electron chi connectivity index (χ3n) is 2.54. The van der Waals surface area contributed by atoms with E-state index in [1.165, 1.54) is 0 Å². The highest BCUT2D eigenvalue weighted by molar-refractivity contribution is 7.85. The Kier molecular flexibility index (Phi) is 6.22. The van der Waals surface area contributed by atoms with Gasteiger partial charge in [0.05, 0.1) is 17.9 Å². The molecule has 2 N–H and O–H groups in total. The maximum Gasteiger partial charge on any atom is 0.120 e. The number of benzene rings is 1. The molecule has 0 spiro atoms. The molecule has 17 heavy (non-hydrogen) atoms. The summed E-state index contributed by atoms with van der Waals surface area (Å²) in [7, 11) is 0.685. The maximum atomic E-state index is 12.0. The van der Waals surface area contributed by atoms with Crippen LogP contribution in [0.3, 0.4) is 0 Å². The molecular weight excluding hydrogens is 234 g/mol. The molecule has 0 amide bonds. The molecule has 0 aromatic heterocycles. The van der Waals surface area contributed by atoms with E-state index < -0.39 is 10.8 Å². The fourth-order valence-corrected chi connectivity index (χ4v) is 2.74. The van der Waals surface area contributed by atoms with Crippen LogP contribution < -0.4 is 10.5 Å². The van der Waals surface area contributed by atoms with E-state index in [9.17, 15) is 4.21 Å². The summed E-state index contributed by atoms with van der Waals surface area (Å²) < 4.78 is 17.1. The van der Waals surface area contributed by atoms with Gasteiger partial charge in [-0.1, -0.05) is 12.5 Å². The van der Waals surface area contributed by atoms with Gasteiger partial charge in [-0.05, 0) is 38.0 Å². The molecule has 0 heterocycles. The van der Waals surface area contributed by atoms with E-state index in [1.807, 2.05) is 31.2 Å². The van der Waals surface area contributed by atoms with Crippen molar-refractivity contribution in [3.8, 4) is 5.75 Å². The summed E-state index contributed by atoms with van der Waals surface area (Å²) in [5.41, 5.74) is 5.67. The van der Waals surface area contributed by atoms with Crippen molar-refractivity contribution < 1.29 is 8.95 Å². The first-order chi connectivity index (χ1) is 8.13. The van der Waals surface area contributed by atoms with Gasteiger partial charge in [0.25, 0.3) is 0 Å². The van der Waals surface area contributed by atoms with Crippen LogP contribution in [-0.4, -0.2) is 23.1 Å². The Hall–Kier alpha value is -0.870. The first-order valence-corrected chi connectivity index (χ1v) is 7.23. The fraction of sp³-hybridized carbons (Fsp3) is 0.538. The Balaban J connectivity index is 2.41. The van der Waals surface area contributed by atoms with E-state index in [0.29, 0.717) is 5.75 Å². The Morgan fingerprint density at radius 2 is 2.18 bits per heavy atom. The second-order valence-corrected chi connectivity index (χ2v) is 5.77. The highest BCUT2D eigenvalue weighted by atomic mass is 32.2. The van der Waals surface area contributed by atoms with Gasteiger partial charge in [0.1, 0.15) is 5.75 Å². The largest absolute Gasteiger partial charge is 0.497 e. The Morgan fingerprint density at radius 3 is 2.82 bits per heavy atom. The summed E-state index contributed by atoms with van der Waals surface area (Å²) >= 11 is 0. The lowest BCUT2D eigenvalue weighted by Crippen LogP contribution is -2.14. The number of hydrogen-bond donors (Lipinski definition) is 1. The average Bonchev–Trinajstić information content (AvgIpc) is 2.34. The quantitative estimate of drug-likeness (QED) is 0.761. The molecule has 0 saturated carbocycles. The number of unbranched alkanes of at least 4 members (excludes halogenated alkanes) is 1. The van der Waals surface area contributed by atoms with Crippen molar-refractivity contribution in [1.29, 1.82) is 0 Å². The molecule has 4 heteroatoms. The van der Waals surface area contributed by atoms with Crippen molar-refractivity contribution in [1.82, 2.24) is 0 Å². The van der Waals surface area contributed by atoms with Crippen molar-refractivity contribution in [2.24, 2.45) is 5.73 Å². The van der Waals surface area contributed by atoms with Gasteiger partial charge < -0.3 is 10.5 Å². The highest BCUT2D eigenvalue weighted by Gasteiger charge is 2.05. The molecule has 0 bridgehead atoms. The zero-order valence-electron chi connectivity index (χ0n) is 10.5. The van der Waals surface area contributed by atoms with E-state index in [4.69, 9.17) is 10.5 Å². The molecule has 0 saturated heterocycles. The summed E-state index contributed by atoms with van der Waals surface area (Å²) in [5, 5.41) is 0. The number of ether oxygens (including phenoxy) is 1. The van der Waals surface area contributed by atoms with Crippen LogP contribution >= 0.6 is 0 Å². The van der Waals surface area contributed by atoms with Crippen LogP contribution in [0.5, 0.6) is 5.75 Å². The zero-order chi connectivity index (χ0) is 12.7. The predicted octanol–water partition coefficient (Wildman–Crippen LogP) is 2.32. The molecule has 0 aliphatic rings. The van der Waals surface area contributed by atoms with Gasteiger partial charge in [0.2, 0.25) is 0 Å². The van der Waals surface area contributed by atoms with Gasteiger partial charge in [0.15, 0.2) is 0 Å². The van der Waals surface area contributed by atoms with E-state index >= 15 is 0 Å². The number of rotatable bonds is 7. The molecule has 96 valence electrons. The van der Waals surface area contributed by atoms with Crippen molar-refractivity contribution in [2.75, 3.05) is 12.9 Å². The van der Waals surface area contributed by atoms with Gasteiger partial charge in [0, 0.05) is 16.7 Å². The van der Waals surface area contributed by atoms with Crippen molar-refractivity contribution >= 4 is 10.8 Å². The van der Waals surface area contributed by atoms with Crippen LogP contribution in [0.1, 0.15) is 26.2 Å². The molecule has 0 aliphatic carbocycles. The lowest BCUT2D eigenvalue weighted by atomic mass is 10.2. The molecule has 0 radical (unpaired) electrons. The van der Waals surface area contributed by atoms with Crippen molar-refractivity contribution in [2.45, 2.75) is 37.1 Å². The number of nitrogens with two attached hydrogens (primary N) is 1. The van der Waals surface area contributed by atoms with E-state index in [0.717, 1.165) is 29.9 Å². The van der Waals surface area contributed by atoms with Crippen molar-refractivity contribution in [3.63, 3.8) is 0 Å². The smallest absolute Gasteiger partial charge is 0.120 e. The average molecular weight is 255 g/mol. The summed E-state index contributed by atoms with van der Waals surface area (Å²) in [6.45, 7) is 2.00. The minimum Gasteiger partial charge on any atom is -0.497 e. The van der Waals surface area contributed by atoms with Gasteiger partial charge in [-0.2, -0.15) is 0 Å². The first kappa shape index (κ1) is 14.2. The van der Waals surface area contributed by atoms with Crippen LogP contribution in [0.25, 0.3) is 0 Å². The van der Waals surface area contributed by atoms with Crippen molar-refractivity contribution in [3.05, 3.63) is 24.3 Å². The Labute approximate surface area is 106 Å². The summed E-state index contributed by atoms with van der Waals surface area (Å²) in [5.74, 6) is 1.45. The van der Waals surface area contributed by atoms with Crippen LogP contribution in [0.4, 0.5) is 0 Å². The SMILES string of the molecule is COc1cccc(S(=O)CCCCC(C)N)c1. The Morgan fingerprint density at radius 1 is 1.41 bits per heavy atom. The minimum atomic E-state index is -0.931. The second-order valence-electron chi connectivity index (χ2n) is 4.20. The summed E-state index contributed by atoms with van der Waals surface area (Å²) in [4.78, 5) is 0.838. The molecule has 2 unspecified atom stereocenters. The lowest BCUT2D eigenvalue weighted by Gasteiger charge is -2.06. The van der Waals surface area contributed by atoms with Gasteiger partial charge in [-0.3, -0.25) is 4.21 Å². The topological polar surface area (TPSA) is 52.3 Å². The van der Waals surface area contributed by atoms with E-state index in [-0.39, 0.29) is 6.04 Å². The van der Waals surface area contributed by atoms with E-state index in [2.05, 4.69) is 0 Å². The molecule has 3 nitrogen and oxygen atoms in total. The number of methoxy groups -OCH3 is 1. The van der Waals surface area contributed by atoms with Gasteiger partial charge in [-0.25, -0.2) is 0 Å². The molecular formula is C13H21NO2S. The van der Waals surface area contributed by atoms with Crippen LogP contribution in [0.15, 0.2) is 29.2 Å². The Bertz CT molecular complexity index is 366. The van der Waals surface area contributed by atoms with Gasteiger partial charge >= 0.3 is 0 Å². The second kappa shape index (κ2) is 7.45. The van der Waals surface area contributed by atoms with Crippen LogP contribution in [0, 0.1) is 0 Å². The zero-order valence-corrected chi connectivity index (χ0v) is 11.3. The first-order valence-electron chi connectivity index (χ1n) is 5.91. The molecule has 1 aromatic rings. The molecule has 0 aliphatic heterocycles. The molecule has 0 fully saturated rings. The minimum absolute atomic E-state index is 0.236. The summed E-state index contributed by atoms with van der Waals surface area (Å²) in [6, 6.07) is 7.68. The normalized spacial score (nSPS) is 14.3. The van der Waals surface area contributed by atoms with Crippen LogP contribution in [0.2, 0.25) is 0 Å². The highest BCUT2D eigenvalue weighted by Crippen LogP contribution is 2.16. The van der Waals surface area contributed by atoms with Gasteiger partial charge in [-0.15, -0.1) is 0 Å². The number of hydrogen-bond acceptors (Lipinski definition) is 3. The third kappa shape index (κ3) is 5.33. The fourth-order valence-electron chi connectivity index (χ4n) is 1.56. The third-order valence-corrected chi connectivity index (χ3v) is 3.98. The monoisotopic (exact) mass is 255 g/mol. The predicted molar refractivity (Wildman–Crippen MR) is 71.8 cm³/mol. The van der Waals surface area contributed by atoms with E-state index in [1.54, 1.807) is 7.11 Å². The maximum absolute atomic E-state index is 12.0. The molecule has 2 atom stereocenters. The molecule has 1 aromatic carbocycles. The standard InChI is InChI=1S/C13H21NO2S/c1-11(14)6-3-4-9-17(15)13-8-5-7-12(10-13)16-2/h5,7-8,10-11H,3-4,6,9,14H2,1-2H3. The molecule has 1 rings (SSSR count). The summed E-state index contributed by atoms with van der Waals surface area (Å²) in [6.07, 6.45) is 2.98.